The smallest absolute Gasteiger partial charge is 0.131 e. The van der Waals surface area contributed by atoms with Crippen LogP contribution in [0.15, 0.2) is 42.5 Å². The summed E-state index contributed by atoms with van der Waals surface area (Å²) in [6, 6.07) is 14.3. The molecule has 0 aromatic heterocycles. The summed E-state index contributed by atoms with van der Waals surface area (Å²) >= 11 is 5.86. The normalized spacial score (nSPS) is 11.4. The van der Waals surface area contributed by atoms with Gasteiger partial charge in [-0.1, -0.05) is 51.1 Å². The van der Waals surface area contributed by atoms with E-state index < -0.39 is 0 Å². The van der Waals surface area contributed by atoms with Gasteiger partial charge in [-0.25, -0.2) is 0 Å². The number of alkyl halides is 1. The lowest BCUT2D eigenvalue weighted by molar-refractivity contribution is 0.452. The molecule has 2 aromatic rings. The van der Waals surface area contributed by atoms with Gasteiger partial charge in [-0.05, 0) is 35.6 Å². The van der Waals surface area contributed by atoms with Crippen LogP contribution in [-0.4, -0.2) is 0 Å². The third kappa shape index (κ3) is 3.34. The van der Waals surface area contributed by atoms with Crippen LogP contribution in [0, 0.1) is 6.92 Å². The number of aryl methyl sites for hydroxylation is 1. The Kier molecular flexibility index (Phi) is 4.39. The number of hydrogen-bond donors (Lipinski definition) is 0. The summed E-state index contributed by atoms with van der Waals surface area (Å²) in [5.41, 5.74) is 3.48. The third-order valence-electron chi connectivity index (χ3n) is 3.31. The number of rotatable bonds is 3. The van der Waals surface area contributed by atoms with Gasteiger partial charge < -0.3 is 4.74 Å². The maximum Gasteiger partial charge on any atom is 0.131 e. The molecule has 0 bridgehead atoms. The topological polar surface area (TPSA) is 9.23 Å². The van der Waals surface area contributed by atoms with Crippen LogP contribution >= 0.6 is 11.6 Å². The van der Waals surface area contributed by atoms with E-state index in [2.05, 4.69) is 39.0 Å². The second-order valence-electron chi connectivity index (χ2n) is 6.08. The fourth-order valence-electron chi connectivity index (χ4n) is 2.20. The lowest BCUT2D eigenvalue weighted by atomic mass is 9.86. The molecule has 2 heteroatoms. The van der Waals surface area contributed by atoms with Gasteiger partial charge in [0.05, 0.1) is 0 Å². The molecule has 0 heterocycles. The van der Waals surface area contributed by atoms with Gasteiger partial charge in [-0.2, -0.15) is 0 Å². The molecule has 0 aliphatic rings. The minimum Gasteiger partial charge on any atom is -0.457 e. The molecule has 0 saturated carbocycles. The molecule has 2 rings (SSSR count). The van der Waals surface area contributed by atoms with Crippen molar-refractivity contribution < 1.29 is 4.74 Å². The maximum absolute atomic E-state index is 6.12. The minimum atomic E-state index is 0.0561. The summed E-state index contributed by atoms with van der Waals surface area (Å²) < 4.78 is 6.12. The largest absolute Gasteiger partial charge is 0.457 e. The molecular weight excluding hydrogens is 268 g/mol. The van der Waals surface area contributed by atoms with E-state index in [-0.39, 0.29) is 5.41 Å². The first-order valence-corrected chi connectivity index (χ1v) is 7.38. The zero-order valence-electron chi connectivity index (χ0n) is 12.5. The number of para-hydroxylation sites is 1. The predicted molar refractivity (Wildman–Crippen MR) is 86.0 cm³/mol. The van der Waals surface area contributed by atoms with Crippen molar-refractivity contribution in [3.63, 3.8) is 0 Å². The van der Waals surface area contributed by atoms with E-state index in [0.29, 0.717) is 5.88 Å². The quantitative estimate of drug-likeness (QED) is 0.646. The third-order valence-corrected chi connectivity index (χ3v) is 3.62. The van der Waals surface area contributed by atoms with Crippen molar-refractivity contribution in [3.8, 4) is 11.5 Å². The van der Waals surface area contributed by atoms with Crippen molar-refractivity contribution in [2.75, 3.05) is 0 Å². The van der Waals surface area contributed by atoms with Crippen molar-refractivity contribution in [1.82, 2.24) is 0 Å². The Morgan fingerprint density at radius 3 is 2.30 bits per heavy atom. The van der Waals surface area contributed by atoms with Crippen LogP contribution in [-0.2, 0) is 11.3 Å². The molecule has 2 aromatic carbocycles. The zero-order valence-corrected chi connectivity index (χ0v) is 13.3. The van der Waals surface area contributed by atoms with E-state index in [4.69, 9.17) is 16.3 Å². The molecule has 106 valence electrons. The van der Waals surface area contributed by atoms with Crippen molar-refractivity contribution >= 4 is 11.6 Å². The number of halogens is 1. The molecule has 0 saturated heterocycles. The second-order valence-corrected chi connectivity index (χ2v) is 6.35. The van der Waals surface area contributed by atoms with Crippen LogP contribution in [0.2, 0.25) is 0 Å². The molecule has 0 aliphatic carbocycles. The molecule has 0 aliphatic heterocycles. The summed E-state index contributed by atoms with van der Waals surface area (Å²) in [6.07, 6.45) is 0. The van der Waals surface area contributed by atoms with Gasteiger partial charge in [0.25, 0.3) is 0 Å². The highest BCUT2D eigenvalue weighted by Gasteiger charge is 2.19. The molecule has 0 fully saturated rings. The van der Waals surface area contributed by atoms with Crippen LogP contribution in [0.3, 0.4) is 0 Å². The Bertz CT molecular complexity index is 597. The van der Waals surface area contributed by atoms with Crippen LogP contribution in [0.5, 0.6) is 11.5 Å². The standard InChI is InChI=1S/C18H21ClO/c1-13-11-14(12-19)9-10-16(13)20-17-8-6-5-7-15(17)18(2,3)4/h5-11H,12H2,1-4H3. The van der Waals surface area contributed by atoms with Crippen molar-refractivity contribution in [3.05, 3.63) is 59.2 Å². The molecular formula is C18H21ClO. The van der Waals surface area contributed by atoms with Crippen molar-refractivity contribution in [1.29, 1.82) is 0 Å². The number of benzene rings is 2. The number of hydrogen-bond acceptors (Lipinski definition) is 1. The Morgan fingerprint density at radius 2 is 1.70 bits per heavy atom. The Morgan fingerprint density at radius 1 is 1.00 bits per heavy atom. The molecule has 1 nitrogen and oxygen atoms in total. The van der Waals surface area contributed by atoms with Gasteiger partial charge in [-0.3, -0.25) is 0 Å². The highest BCUT2D eigenvalue weighted by atomic mass is 35.5. The fourth-order valence-corrected chi connectivity index (χ4v) is 2.37. The average Bonchev–Trinajstić information content (AvgIpc) is 2.40. The fraction of sp³-hybridized carbons (Fsp3) is 0.333. The summed E-state index contributed by atoms with van der Waals surface area (Å²) in [5, 5.41) is 0. The Hall–Kier alpha value is -1.47. The lowest BCUT2D eigenvalue weighted by Gasteiger charge is -2.23. The Labute approximate surface area is 126 Å². The van der Waals surface area contributed by atoms with Crippen LogP contribution in [0.25, 0.3) is 0 Å². The molecule has 20 heavy (non-hydrogen) atoms. The van der Waals surface area contributed by atoms with Crippen LogP contribution < -0.4 is 4.74 Å². The Balaban J connectivity index is 2.36. The number of ether oxygens (including phenoxy) is 1. The predicted octanol–water partition coefficient (Wildman–Crippen LogP) is 5.82. The van der Waals surface area contributed by atoms with Crippen LogP contribution in [0.1, 0.15) is 37.5 Å². The van der Waals surface area contributed by atoms with Gasteiger partial charge in [0.15, 0.2) is 0 Å². The molecule has 0 unspecified atom stereocenters. The van der Waals surface area contributed by atoms with Gasteiger partial charge in [0.1, 0.15) is 11.5 Å². The van der Waals surface area contributed by atoms with Crippen molar-refractivity contribution in [2.45, 2.75) is 39.0 Å². The van der Waals surface area contributed by atoms with Crippen LogP contribution in [0.4, 0.5) is 0 Å². The molecule has 0 spiro atoms. The highest BCUT2D eigenvalue weighted by molar-refractivity contribution is 6.17. The summed E-state index contributed by atoms with van der Waals surface area (Å²) in [6.45, 7) is 8.63. The SMILES string of the molecule is Cc1cc(CCl)ccc1Oc1ccccc1C(C)(C)C. The summed E-state index contributed by atoms with van der Waals surface area (Å²) in [7, 11) is 0. The zero-order chi connectivity index (χ0) is 14.8. The monoisotopic (exact) mass is 288 g/mol. The van der Waals surface area contributed by atoms with E-state index >= 15 is 0 Å². The average molecular weight is 289 g/mol. The maximum atomic E-state index is 6.12. The van der Waals surface area contributed by atoms with E-state index in [0.717, 1.165) is 22.6 Å². The first-order chi connectivity index (χ1) is 9.41. The minimum absolute atomic E-state index is 0.0561. The molecule has 0 N–H and O–H groups in total. The summed E-state index contributed by atoms with van der Waals surface area (Å²) in [5.74, 6) is 2.33. The van der Waals surface area contributed by atoms with E-state index in [1.165, 1.54) is 5.56 Å². The first-order valence-electron chi connectivity index (χ1n) is 6.84. The second kappa shape index (κ2) is 5.88. The molecule has 0 atom stereocenters. The van der Waals surface area contributed by atoms with Gasteiger partial charge in [-0.15, -0.1) is 11.6 Å². The molecule has 0 radical (unpaired) electrons. The highest BCUT2D eigenvalue weighted by Crippen LogP contribution is 2.35. The summed E-state index contributed by atoms with van der Waals surface area (Å²) in [4.78, 5) is 0. The van der Waals surface area contributed by atoms with Crippen molar-refractivity contribution in [2.24, 2.45) is 0 Å². The van der Waals surface area contributed by atoms with Gasteiger partial charge in [0, 0.05) is 11.4 Å². The lowest BCUT2D eigenvalue weighted by Crippen LogP contribution is -2.12. The van der Waals surface area contributed by atoms with E-state index in [9.17, 15) is 0 Å². The van der Waals surface area contributed by atoms with E-state index in [1.54, 1.807) is 0 Å². The first kappa shape index (κ1) is 14.9. The van der Waals surface area contributed by atoms with E-state index in [1.807, 2.05) is 31.2 Å². The molecule has 0 amide bonds. The van der Waals surface area contributed by atoms with Gasteiger partial charge in [0.2, 0.25) is 0 Å². The van der Waals surface area contributed by atoms with Gasteiger partial charge >= 0.3 is 0 Å².